The molecule has 0 aromatic carbocycles. The second kappa shape index (κ2) is 12.0. The fraction of sp³-hybridized carbons (Fsp3) is 0.500. The zero-order chi connectivity index (χ0) is 20.4. The van der Waals surface area contributed by atoms with Crippen molar-refractivity contribution < 1.29 is 4.74 Å². The molecule has 1 saturated heterocycles. The first-order chi connectivity index (χ1) is 13.6. The maximum absolute atomic E-state index is 6.53. The van der Waals surface area contributed by atoms with Gasteiger partial charge in [-0.15, -0.1) is 0 Å². The van der Waals surface area contributed by atoms with Crippen LogP contribution in [0.3, 0.4) is 0 Å². The number of allylic oxidation sites excluding steroid dienone is 8. The summed E-state index contributed by atoms with van der Waals surface area (Å²) in [7, 11) is 0. The first-order valence-corrected chi connectivity index (χ1v) is 10.9. The summed E-state index contributed by atoms with van der Waals surface area (Å²) in [5, 5.41) is 7.62. The molecule has 0 bridgehead atoms. The molecule has 28 heavy (non-hydrogen) atoms. The van der Waals surface area contributed by atoms with Crippen LogP contribution in [0.15, 0.2) is 69.7 Å². The number of nitrogens with one attached hydrogen (secondary N) is 2. The molecule has 1 aliphatic heterocycles. The Labute approximate surface area is 176 Å². The zero-order valence-electron chi connectivity index (χ0n) is 17.8. The summed E-state index contributed by atoms with van der Waals surface area (Å²) in [5.41, 5.74) is 4.78. The Morgan fingerprint density at radius 3 is 2.68 bits per heavy atom. The van der Waals surface area contributed by atoms with Crippen LogP contribution in [-0.4, -0.2) is 25.7 Å². The van der Waals surface area contributed by atoms with Gasteiger partial charge in [-0.2, -0.15) is 0 Å². The van der Waals surface area contributed by atoms with Crippen molar-refractivity contribution in [3.8, 4) is 0 Å². The highest BCUT2D eigenvalue weighted by Crippen LogP contribution is 2.26. The van der Waals surface area contributed by atoms with E-state index in [1.807, 2.05) is 6.92 Å². The molecule has 154 valence electrons. The highest BCUT2D eigenvalue weighted by atomic mass is 35.5. The molecule has 1 fully saturated rings. The van der Waals surface area contributed by atoms with E-state index >= 15 is 0 Å². The fourth-order valence-electron chi connectivity index (χ4n) is 2.86. The lowest BCUT2D eigenvalue weighted by molar-refractivity contribution is 0.0747. The molecule has 3 nitrogen and oxygen atoms in total. The molecule has 2 rings (SSSR count). The molecule has 0 unspecified atom stereocenters. The van der Waals surface area contributed by atoms with Crippen LogP contribution in [-0.2, 0) is 4.74 Å². The van der Waals surface area contributed by atoms with Crippen molar-refractivity contribution in [2.75, 3.05) is 19.6 Å². The van der Waals surface area contributed by atoms with Crippen LogP contribution in [0.25, 0.3) is 0 Å². The average molecular weight is 403 g/mol. The smallest absolute Gasteiger partial charge is 0.142 e. The van der Waals surface area contributed by atoms with Gasteiger partial charge in [-0.3, -0.25) is 0 Å². The Balaban J connectivity index is 2.04. The van der Waals surface area contributed by atoms with Gasteiger partial charge in [0.15, 0.2) is 0 Å². The second-order valence-electron chi connectivity index (χ2n) is 7.34. The van der Waals surface area contributed by atoms with E-state index in [2.05, 4.69) is 67.9 Å². The molecular weight excluding hydrogens is 368 g/mol. The molecule has 0 saturated carbocycles. The SMILES string of the molecule is C\C=C(NCC1=CC/C(=C/CCC)C=C1Cl)/C(=C\C=C(/C)CC)OC1CNC1. The number of ether oxygens (including phenoxy) is 1. The second-order valence-corrected chi connectivity index (χ2v) is 7.75. The first kappa shape index (κ1) is 22.6. The van der Waals surface area contributed by atoms with Gasteiger partial charge in [-0.1, -0.05) is 61.7 Å². The number of unbranched alkanes of at least 4 members (excludes halogenated alkanes) is 1. The predicted molar refractivity (Wildman–Crippen MR) is 121 cm³/mol. The van der Waals surface area contributed by atoms with Crippen molar-refractivity contribution in [2.45, 2.75) is 59.5 Å². The van der Waals surface area contributed by atoms with Crippen LogP contribution in [0.2, 0.25) is 0 Å². The van der Waals surface area contributed by atoms with Gasteiger partial charge in [0.25, 0.3) is 0 Å². The van der Waals surface area contributed by atoms with E-state index in [1.54, 1.807) is 0 Å². The van der Waals surface area contributed by atoms with E-state index in [4.69, 9.17) is 16.3 Å². The molecule has 1 aliphatic carbocycles. The Hall–Kier alpha value is -1.71. The standard InChI is InChI=1S/C24H35ClN2O/c1-5-8-9-19-11-12-20(22(25)14-19)15-27-23(7-3)24(13-10-18(4)6-2)28-21-16-26-17-21/h7,9-10,12-14,21,26-27H,5-6,8,11,15-17H2,1-4H3/b18-10+,19-9-,23-7+,24-13+. The fourth-order valence-corrected chi connectivity index (χ4v) is 3.14. The van der Waals surface area contributed by atoms with Gasteiger partial charge >= 0.3 is 0 Å². The third-order valence-corrected chi connectivity index (χ3v) is 5.39. The predicted octanol–water partition coefficient (Wildman–Crippen LogP) is 5.89. The van der Waals surface area contributed by atoms with Crippen LogP contribution < -0.4 is 10.6 Å². The van der Waals surface area contributed by atoms with E-state index in [0.29, 0.717) is 6.54 Å². The van der Waals surface area contributed by atoms with Crippen molar-refractivity contribution in [3.63, 3.8) is 0 Å². The Bertz CT molecular complexity index is 706. The highest BCUT2D eigenvalue weighted by molar-refractivity contribution is 6.32. The molecule has 2 N–H and O–H groups in total. The van der Waals surface area contributed by atoms with Crippen LogP contribution in [0.4, 0.5) is 0 Å². The van der Waals surface area contributed by atoms with Gasteiger partial charge in [0, 0.05) is 24.7 Å². The molecule has 0 amide bonds. The summed E-state index contributed by atoms with van der Waals surface area (Å²) in [6, 6.07) is 0. The Morgan fingerprint density at radius 1 is 1.32 bits per heavy atom. The number of rotatable bonds is 10. The molecule has 0 radical (unpaired) electrons. The van der Waals surface area contributed by atoms with E-state index in [9.17, 15) is 0 Å². The van der Waals surface area contributed by atoms with Gasteiger partial charge in [-0.25, -0.2) is 0 Å². The summed E-state index contributed by atoms with van der Waals surface area (Å²) < 4.78 is 6.21. The third-order valence-electron chi connectivity index (χ3n) is 5.04. The van der Waals surface area contributed by atoms with Crippen molar-refractivity contribution in [2.24, 2.45) is 0 Å². The van der Waals surface area contributed by atoms with Crippen LogP contribution in [0, 0.1) is 0 Å². The molecular formula is C24H35ClN2O. The lowest BCUT2D eigenvalue weighted by atomic mass is 10.0. The van der Waals surface area contributed by atoms with E-state index in [1.165, 1.54) is 11.1 Å². The number of hydrogen-bond donors (Lipinski definition) is 2. The van der Waals surface area contributed by atoms with Crippen LogP contribution >= 0.6 is 11.6 Å². The van der Waals surface area contributed by atoms with Gasteiger partial charge in [0.1, 0.15) is 11.9 Å². The quantitative estimate of drug-likeness (QED) is 0.353. The minimum Gasteiger partial charge on any atom is -0.486 e. The van der Waals surface area contributed by atoms with E-state index in [0.717, 1.165) is 60.8 Å². The third kappa shape index (κ3) is 7.03. The van der Waals surface area contributed by atoms with Crippen molar-refractivity contribution in [1.29, 1.82) is 0 Å². The first-order valence-electron chi connectivity index (χ1n) is 10.5. The van der Waals surface area contributed by atoms with Crippen molar-refractivity contribution in [3.05, 3.63) is 69.7 Å². The Kier molecular flexibility index (Phi) is 9.66. The Morgan fingerprint density at radius 2 is 2.11 bits per heavy atom. The molecule has 0 aromatic rings. The molecule has 0 spiro atoms. The van der Waals surface area contributed by atoms with E-state index in [-0.39, 0.29) is 6.10 Å². The largest absolute Gasteiger partial charge is 0.486 e. The molecule has 0 aromatic heterocycles. The van der Waals surface area contributed by atoms with Gasteiger partial charge in [0.2, 0.25) is 0 Å². The molecule has 0 atom stereocenters. The average Bonchev–Trinajstić information content (AvgIpc) is 2.67. The van der Waals surface area contributed by atoms with Crippen LogP contribution in [0.1, 0.15) is 53.4 Å². The van der Waals surface area contributed by atoms with E-state index < -0.39 is 0 Å². The topological polar surface area (TPSA) is 33.3 Å². The minimum atomic E-state index is 0.238. The maximum atomic E-state index is 6.53. The monoisotopic (exact) mass is 402 g/mol. The van der Waals surface area contributed by atoms with Crippen LogP contribution in [0.5, 0.6) is 0 Å². The normalized spacial score (nSPS) is 20.6. The number of hydrogen-bond acceptors (Lipinski definition) is 3. The van der Waals surface area contributed by atoms with Crippen molar-refractivity contribution in [1.82, 2.24) is 10.6 Å². The lowest BCUT2D eigenvalue weighted by Crippen LogP contribution is -2.48. The minimum absolute atomic E-state index is 0.238. The van der Waals surface area contributed by atoms with Gasteiger partial charge in [-0.05, 0) is 56.4 Å². The summed E-state index contributed by atoms with van der Waals surface area (Å²) in [5.74, 6) is 0.891. The highest BCUT2D eigenvalue weighted by Gasteiger charge is 2.21. The summed E-state index contributed by atoms with van der Waals surface area (Å²) in [4.78, 5) is 0. The summed E-state index contributed by atoms with van der Waals surface area (Å²) in [6.45, 7) is 11.0. The zero-order valence-corrected chi connectivity index (χ0v) is 18.5. The summed E-state index contributed by atoms with van der Waals surface area (Å²) in [6.07, 6.45) is 17.4. The summed E-state index contributed by atoms with van der Waals surface area (Å²) >= 11 is 6.53. The lowest BCUT2D eigenvalue weighted by Gasteiger charge is -2.30. The van der Waals surface area contributed by atoms with Crippen molar-refractivity contribution >= 4 is 11.6 Å². The van der Waals surface area contributed by atoms with Gasteiger partial charge in [0.05, 0.1) is 5.70 Å². The molecule has 1 heterocycles. The molecule has 4 heteroatoms. The number of halogens is 1. The van der Waals surface area contributed by atoms with Gasteiger partial charge < -0.3 is 15.4 Å². The molecule has 2 aliphatic rings. The maximum Gasteiger partial charge on any atom is 0.142 e.